The highest BCUT2D eigenvalue weighted by atomic mass is 32.1. The van der Waals surface area contributed by atoms with Gasteiger partial charge in [-0.25, -0.2) is 0 Å². The van der Waals surface area contributed by atoms with Crippen LogP contribution in [-0.4, -0.2) is 31.2 Å². The number of thiocarbonyl (C=S) groups is 1. The quantitative estimate of drug-likeness (QED) is 0.518. The summed E-state index contributed by atoms with van der Waals surface area (Å²) in [6.45, 7) is 1.28. The number of nitrogens with two attached hydrogens (primary N) is 1. The molecule has 1 aliphatic carbocycles. The first kappa shape index (κ1) is 12.4. The first-order valence-electron chi connectivity index (χ1n) is 5.20. The molecule has 0 aliphatic heterocycles. The minimum atomic E-state index is -0.553. The Morgan fingerprint density at radius 3 is 2.67 bits per heavy atom. The Hall–Kier alpha value is -0.680. The molecular weight excluding hydrogens is 212 g/mol. The molecule has 5 heteroatoms. The Morgan fingerprint density at radius 2 is 2.27 bits per heavy atom. The number of amides is 1. The van der Waals surface area contributed by atoms with Crippen LogP contribution in [0, 0.1) is 5.41 Å². The standard InChI is InChI=1S/C10H18N2O2S/c1-14-7-3-6-12-9(13)10(8(11)15)4-2-5-10/h2-7H2,1H3,(H2,11,15)(H,12,13). The second-order valence-electron chi connectivity index (χ2n) is 3.90. The monoisotopic (exact) mass is 230 g/mol. The molecule has 1 rings (SSSR count). The maximum Gasteiger partial charge on any atom is 0.233 e. The summed E-state index contributed by atoms with van der Waals surface area (Å²) in [6.07, 6.45) is 3.43. The number of ether oxygens (including phenoxy) is 1. The summed E-state index contributed by atoms with van der Waals surface area (Å²) in [6, 6.07) is 0. The summed E-state index contributed by atoms with van der Waals surface area (Å²) in [4.78, 5) is 12.2. The average molecular weight is 230 g/mol. The van der Waals surface area contributed by atoms with Gasteiger partial charge in [0.15, 0.2) is 0 Å². The third-order valence-corrected chi connectivity index (χ3v) is 3.31. The number of hydrogen-bond donors (Lipinski definition) is 2. The van der Waals surface area contributed by atoms with Crippen LogP contribution in [0.15, 0.2) is 0 Å². The third-order valence-electron chi connectivity index (χ3n) is 2.92. The van der Waals surface area contributed by atoms with E-state index in [1.807, 2.05) is 0 Å². The van der Waals surface area contributed by atoms with Crippen LogP contribution in [0.5, 0.6) is 0 Å². The van der Waals surface area contributed by atoms with E-state index in [0.717, 1.165) is 25.7 Å². The van der Waals surface area contributed by atoms with E-state index in [-0.39, 0.29) is 5.91 Å². The van der Waals surface area contributed by atoms with E-state index in [4.69, 9.17) is 22.7 Å². The maximum absolute atomic E-state index is 11.8. The Morgan fingerprint density at radius 1 is 1.60 bits per heavy atom. The van der Waals surface area contributed by atoms with Crippen molar-refractivity contribution in [2.45, 2.75) is 25.7 Å². The summed E-state index contributed by atoms with van der Waals surface area (Å²) >= 11 is 4.95. The van der Waals surface area contributed by atoms with Crippen LogP contribution in [0.1, 0.15) is 25.7 Å². The molecule has 0 spiro atoms. The van der Waals surface area contributed by atoms with Crippen molar-refractivity contribution in [2.24, 2.45) is 11.1 Å². The Balaban J connectivity index is 2.35. The van der Waals surface area contributed by atoms with Crippen molar-refractivity contribution >= 4 is 23.1 Å². The van der Waals surface area contributed by atoms with Gasteiger partial charge in [0.2, 0.25) is 5.91 Å². The number of methoxy groups -OCH3 is 1. The molecule has 86 valence electrons. The summed E-state index contributed by atoms with van der Waals surface area (Å²) in [5, 5.41) is 2.86. The molecule has 0 aromatic carbocycles. The summed E-state index contributed by atoms with van der Waals surface area (Å²) in [5.41, 5.74) is 5.06. The minimum absolute atomic E-state index is 0.0163. The second-order valence-corrected chi connectivity index (χ2v) is 4.34. The summed E-state index contributed by atoms with van der Waals surface area (Å²) < 4.78 is 4.90. The molecule has 1 aliphatic rings. The van der Waals surface area contributed by atoms with Crippen molar-refractivity contribution in [2.75, 3.05) is 20.3 Å². The topological polar surface area (TPSA) is 64.3 Å². The molecular formula is C10H18N2O2S. The first-order valence-corrected chi connectivity index (χ1v) is 5.61. The molecule has 1 saturated carbocycles. The second kappa shape index (κ2) is 5.42. The Kier molecular flexibility index (Phi) is 4.47. The predicted octanol–water partition coefficient (Wildman–Crippen LogP) is 0.595. The number of nitrogens with one attached hydrogen (secondary N) is 1. The van der Waals surface area contributed by atoms with Crippen LogP contribution >= 0.6 is 12.2 Å². The van der Waals surface area contributed by atoms with Crippen molar-refractivity contribution in [3.05, 3.63) is 0 Å². The molecule has 1 fully saturated rings. The van der Waals surface area contributed by atoms with Gasteiger partial charge >= 0.3 is 0 Å². The van der Waals surface area contributed by atoms with Crippen LogP contribution in [0.4, 0.5) is 0 Å². The van der Waals surface area contributed by atoms with Gasteiger partial charge in [-0.3, -0.25) is 4.79 Å². The molecule has 0 atom stereocenters. The van der Waals surface area contributed by atoms with Gasteiger partial charge in [0, 0.05) is 20.3 Å². The van der Waals surface area contributed by atoms with Crippen LogP contribution in [0.2, 0.25) is 0 Å². The van der Waals surface area contributed by atoms with Gasteiger partial charge < -0.3 is 15.8 Å². The SMILES string of the molecule is COCCCNC(=O)C1(C(N)=S)CCC1. The highest BCUT2D eigenvalue weighted by Gasteiger charge is 2.46. The van der Waals surface area contributed by atoms with E-state index in [1.165, 1.54) is 0 Å². The largest absolute Gasteiger partial charge is 0.392 e. The lowest BCUT2D eigenvalue weighted by molar-refractivity contribution is -0.130. The van der Waals surface area contributed by atoms with E-state index < -0.39 is 5.41 Å². The lowest BCUT2D eigenvalue weighted by Gasteiger charge is -2.39. The number of hydrogen-bond acceptors (Lipinski definition) is 3. The Bertz CT molecular complexity index is 252. The van der Waals surface area contributed by atoms with Crippen LogP contribution in [0.3, 0.4) is 0 Å². The zero-order valence-electron chi connectivity index (χ0n) is 9.04. The molecule has 0 radical (unpaired) electrons. The normalized spacial score (nSPS) is 17.9. The van der Waals surface area contributed by atoms with Crippen molar-refractivity contribution in [3.63, 3.8) is 0 Å². The molecule has 15 heavy (non-hydrogen) atoms. The van der Waals surface area contributed by atoms with Crippen LogP contribution < -0.4 is 11.1 Å². The van der Waals surface area contributed by atoms with Crippen LogP contribution in [0.25, 0.3) is 0 Å². The third kappa shape index (κ3) is 2.66. The van der Waals surface area contributed by atoms with E-state index in [1.54, 1.807) is 7.11 Å². The lowest BCUT2D eigenvalue weighted by Crippen LogP contribution is -2.53. The van der Waals surface area contributed by atoms with E-state index in [9.17, 15) is 4.79 Å². The molecule has 0 aromatic rings. The molecule has 0 bridgehead atoms. The van der Waals surface area contributed by atoms with E-state index >= 15 is 0 Å². The summed E-state index contributed by atoms with van der Waals surface area (Å²) in [5.74, 6) is -0.0163. The summed E-state index contributed by atoms with van der Waals surface area (Å²) in [7, 11) is 1.64. The van der Waals surface area contributed by atoms with Gasteiger partial charge in [0.1, 0.15) is 0 Å². The van der Waals surface area contributed by atoms with Crippen molar-refractivity contribution < 1.29 is 9.53 Å². The van der Waals surface area contributed by atoms with Crippen molar-refractivity contribution in [1.29, 1.82) is 0 Å². The molecule has 0 aromatic heterocycles. The van der Waals surface area contributed by atoms with Gasteiger partial charge in [0.25, 0.3) is 0 Å². The highest BCUT2D eigenvalue weighted by molar-refractivity contribution is 7.80. The maximum atomic E-state index is 11.8. The van der Waals surface area contributed by atoms with E-state index in [2.05, 4.69) is 5.32 Å². The zero-order valence-corrected chi connectivity index (χ0v) is 9.86. The smallest absolute Gasteiger partial charge is 0.233 e. The fourth-order valence-electron chi connectivity index (χ4n) is 1.70. The van der Waals surface area contributed by atoms with Gasteiger partial charge in [-0.2, -0.15) is 0 Å². The molecule has 4 nitrogen and oxygen atoms in total. The zero-order chi connectivity index (χ0) is 11.3. The number of carbonyl (C=O) groups is 1. The van der Waals surface area contributed by atoms with Crippen LogP contribution in [-0.2, 0) is 9.53 Å². The lowest BCUT2D eigenvalue weighted by atomic mass is 9.68. The number of rotatable bonds is 6. The van der Waals surface area contributed by atoms with Gasteiger partial charge in [-0.15, -0.1) is 0 Å². The minimum Gasteiger partial charge on any atom is -0.392 e. The molecule has 3 N–H and O–H groups in total. The van der Waals surface area contributed by atoms with Crippen molar-refractivity contribution in [3.8, 4) is 0 Å². The fourth-order valence-corrected chi connectivity index (χ4v) is 2.00. The van der Waals surface area contributed by atoms with E-state index in [0.29, 0.717) is 18.1 Å². The average Bonchev–Trinajstić information content (AvgIpc) is 2.10. The van der Waals surface area contributed by atoms with Gasteiger partial charge in [-0.1, -0.05) is 18.6 Å². The Labute approximate surface area is 95.5 Å². The fraction of sp³-hybridized carbons (Fsp3) is 0.800. The number of carbonyl (C=O) groups excluding carboxylic acids is 1. The molecule has 0 heterocycles. The molecule has 1 amide bonds. The first-order chi connectivity index (χ1) is 7.13. The highest BCUT2D eigenvalue weighted by Crippen LogP contribution is 2.41. The predicted molar refractivity (Wildman–Crippen MR) is 62.6 cm³/mol. The van der Waals surface area contributed by atoms with Gasteiger partial charge in [0.05, 0.1) is 10.4 Å². The van der Waals surface area contributed by atoms with Gasteiger partial charge in [-0.05, 0) is 19.3 Å². The molecule has 0 unspecified atom stereocenters. The van der Waals surface area contributed by atoms with Crippen molar-refractivity contribution in [1.82, 2.24) is 5.32 Å². The molecule has 0 saturated heterocycles.